The van der Waals surface area contributed by atoms with Crippen LogP contribution in [0.1, 0.15) is 32.1 Å². The average molecular weight is 198 g/mol. The lowest BCUT2D eigenvalue weighted by Crippen LogP contribution is -2.17. The Morgan fingerprint density at radius 2 is 1.93 bits per heavy atom. The highest BCUT2D eigenvalue weighted by atomic mass is 16.4. The first-order valence-electron chi connectivity index (χ1n) is 4.85. The third-order valence-corrected chi connectivity index (χ3v) is 1.84. The minimum Gasteiger partial charge on any atom is -0.479 e. The SMILES string of the molecule is C=CCCCCC=CCC(O)C(=O)O. The summed E-state index contributed by atoms with van der Waals surface area (Å²) >= 11 is 0. The summed E-state index contributed by atoms with van der Waals surface area (Å²) in [4.78, 5) is 10.2. The number of aliphatic hydroxyl groups is 1. The van der Waals surface area contributed by atoms with E-state index in [1.54, 1.807) is 6.08 Å². The van der Waals surface area contributed by atoms with E-state index in [4.69, 9.17) is 10.2 Å². The average Bonchev–Trinajstić information content (AvgIpc) is 2.16. The number of aliphatic carboxylic acids is 1. The van der Waals surface area contributed by atoms with Crippen LogP contribution in [0.15, 0.2) is 24.8 Å². The smallest absolute Gasteiger partial charge is 0.332 e. The molecule has 0 saturated heterocycles. The Balaban J connectivity index is 3.35. The summed E-state index contributed by atoms with van der Waals surface area (Å²) in [6.45, 7) is 3.62. The molecule has 0 spiro atoms. The maximum Gasteiger partial charge on any atom is 0.332 e. The number of rotatable bonds is 8. The molecule has 0 aromatic carbocycles. The van der Waals surface area contributed by atoms with Crippen molar-refractivity contribution in [2.45, 2.75) is 38.2 Å². The van der Waals surface area contributed by atoms with Crippen molar-refractivity contribution in [2.24, 2.45) is 0 Å². The summed E-state index contributed by atoms with van der Waals surface area (Å²) in [6.07, 6.45) is 8.57. The number of carboxylic acids is 1. The Morgan fingerprint density at radius 3 is 2.50 bits per heavy atom. The molecule has 0 bridgehead atoms. The van der Waals surface area contributed by atoms with Crippen molar-refractivity contribution in [3.05, 3.63) is 24.8 Å². The zero-order valence-electron chi connectivity index (χ0n) is 8.35. The zero-order chi connectivity index (χ0) is 10.8. The Morgan fingerprint density at radius 1 is 1.29 bits per heavy atom. The number of hydrogen-bond donors (Lipinski definition) is 2. The van der Waals surface area contributed by atoms with Crippen LogP contribution < -0.4 is 0 Å². The van der Waals surface area contributed by atoms with Crippen LogP contribution in [0.5, 0.6) is 0 Å². The molecule has 0 aromatic heterocycles. The second-order valence-corrected chi connectivity index (χ2v) is 3.13. The predicted molar refractivity (Wildman–Crippen MR) is 56.1 cm³/mol. The molecule has 0 aliphatic carbocycles. The molecule has 0 radical (unpaired) electrons. The van der Waals surface area contributed by atoms with Gasteiger partial charge in [-0.05, 0) is 25.7 Å². The zero-order valence-corrected chi connectivity index (χ0v) is 8.35. The van der Waals surface area contributed by atoms with E-state index < -0.39 is 12.1 Å². The molecule has 0 aliphatic rings. The molecule has 1 atom stereocenters. The van der Waals surface area contributed by atoms with E-state index in [1.807, 2.05) is 12.2 Å². The van der Waals surface area contributed by atoms with Crippen molar-refractivity contribution in [2.75, 3.05) is 0 Å². The maximum absolute atomic E-state index is 10.2. The van der Waals surface area contributed by atoms with E-state index in [2.05, 4.69) is 6.58 Å². The van der Waals surface area contributed by atoms with Crippen LogP contribution in [0.4, 0.5) is 0 Å². The molecule has 0 heterocycles. The first-order valence-corrected chi connectivity index (χ1v) is 4.85. The second-order valence-electron chi connectivity index (χ2n) is 3.13. The highest BCUT2D eigenvalue weighted by Crippen LogP contribution is 2.02. The van der Waals surface area contributed by atoms with Gasteiger partial charge in [0.15, 0.2) is 6.10 Å². The minimum absolute atomic E-state index is 0.191. The van der Waals surface area contributed by atoms with Crippen LogP contribution in [0, 0.1) is 0 Å². The van der Waals surface area contributed by atoms with Gasteiger partial charge in [-0.15, -0.1) is 6.58 Å². The molecule has 80 valence electrons. The fourth-order valence-electron chi connectivity index (χ4n) is 0.995. The summed E-state index contributed by atoms with van der Waals surface area (Å²) in [5, 5.41) is 17.3. The molecule has 0 amide bonds. The first-order chi connectivity index (χ1) is 6.68. The fourth-order valence-corrected chi connectivity index (χ4v) is 0.995. The van der Waals surface area contributed by atoms with Crippen LogP contribution in [-0.2, 0) is 4.79 Å². The third kappa shape index (κ3) is 7.55. The monoisotopic (exact) mass is 198 g/mol. The van der Waals surface area contributed by atoms with Gasteiger partial charge in [-0.1, -0.05) is 18.2 Å². The van der Waals surface area contributed by atoms with Crippen LogP contribution in [0.3, 0.4) is 0 Å². The van der Waals surface area contributed by atoms with Crippen molar-refractivity contribution in [3.63, 3.8) is 0 Å². The predicted octanol–water partition coefficient (Wildman–Crippen LogP) is 2.12. The van der Waals surface area contributed by atoms with Gasteiger partial charge >= 0.3 is 5.97 Å². The molecule has 3 heteroatoms. The van der Waals surface area contributed by atoms with Crippen molar-refractivity contribution in [1.82, 2.24) is 0 Å². The summed E-state index contributed by atoms with van der Waals surface area (Å²) in [5.74, 6) is -1.17. The van der Waals surface area contributed by atoms with Gasteiger partial charge in [-0.2, -0.15) is 0 Å². The van der Waals surface area contributed by atoms with E-state index in [9.17, 15) is 4.79 Å². The summed E-state index contributed by atoms with van der Waals surface area (Å²) in [5.41, 5.74) is 0. The van der Waals surface area contributed by atoms with Crippen molar-refractivity contribution >= 4 is 5.97 Å². The number of allylic oxidation sites excluding steroid dienone is 2. The Labute approximate surface area is 84.8 Å². The maximum atomic E-state index is 10.2. The van der Waals surface area contributed by atoms with Gasteiger partial charge in [-0.3, -0.25) is 0 Å². The normalized spacial score (nSPS) is 12.9. The van der Waals surface area contributed by atoms with E-state index in [0.717, 1.165) is 25.7 Å². The number of unbranched alkanes of at least 4 members (excludes halogenated alkanes) is 3. The van der Waals surface area contributed by atoms with Crippen LogP contribution in [-0.4, -0.2) is 22.3 Å². The lowest BCUT2D eigenvalue weighted by atomic mass is 10.1. The van der Waals surface area contributed by atoms with Crippen molar-refractivity contribution in [1.29, 1.82) is 0 Å². The standard InChI is InChI=1S/C11H18O3/c1-2-3-4-5-6-7-8-9-10(12)11(13)14/h2,7-8,10,12H,1,3-6,9H2,(H,13,14). The molecule has 0 aromatic rings. The highest BCUT2D eigenvalue weighted by Gasteiger charge is 2.09. The van der Waals surface area contributed by atoms with Crippen LogP contribution in [0.2, 0.25) is 0 Å². The number of aliphatic hydroxyl groups excluding tert-OH is 1. The van der Waals surface area contributed by atoms with Gasteiger partial charge in [0, 0.05) is 6.42 Å². The number of carboxylic acid groups (broad SMARTS) is 1. The molecule has 0 aliphatic heterocycles. The van der Waals surface area contributed by atoms with Crippen LogP contribution in [0.25, 0.3) is 0 Å². The van der Waals surface area contributed by atoms with E-state index in [1.165, 1.54) is 0 Å². The van der Waals surface area contributed by atoms with Crippen molar-refractivity contribution in [3.8, 4) is 0 Å². The fraction of sp³-hybridized carbons (Fsp3) is 0.545. The number of carbonyl (C=O) groups is 1. The van der Waals surface area contributed by atoms with Gasteiger partial charge in [0.25, 0.3) is 0 Å². The van der Waals surface area contributed by atoms with Gasteiger partial charge in [-0.25, -0.2) is 4.79 Å². The third-order valence-electron chi connectivity index (χ3n) is 1.84. The quantitative estimate of drug-likeness (QED) is 0.464. The lowest BCUT2D eigenvalue weighted by Gasteiger charge is -1.99. The largest absolute Gasteiger partial charge is 0.479 e. The highest BCUT2D eigenvalue weighted by molar-refractivity contribution is 5.72. The molecular formula is C11H18O3. The molecule has 0 fully saturated rings. The molecule has 2 N–H and O–H groups in total. The molecule has 1 unspecified atom stereocenters. The Hall–Kier alpha value is -1.09. The molecular weight excluding hydrogens is 180 g/mol. The van der Waals surface area contributed by atoms with E-state index in [-0.39, 0.29) is 6.42 Å². The van der Waals surface area contributed by atoms with E-state index in [0.29, 0.717) is 0 Å². The topological polar surface area (TPSA) is 57.5 Å². The van der Waals surface area contributed by atoms with Gasteiger partial charge < -0.3 is 10.2 Å². The van der Waals surface area contributed by atoms with Gasteiger partial charge in [0.05, 0.1) is 0 Å². The van der Waals surface area contributed by atoms with E-state index >= 15 is 0 Å². The first kappa shape index (κ1) is 12.9. The molecule has 3 nitrogen and oxygen atoms in total. The Bertz CT molecular complexity index is 197. The molecule has 0 saturated carbocycles. The van der Waals surface area contributed by atoms with Gasteiger partial charge in [0.2, 0.25) is 0 Å². The van der Waals surface area contributed by atoms with Crippen LogP contribution >= 0.6 is 0 Å². The summed E-state index contributed by atoms with van der Waals surface area (Å²) < 4.78 is 0. The summed E-state index contributed by atoms with van der Waals surface area (Å²) in [6, 6.07) is 0. The van der Waals surface area contributed by atoms with Crippen molar-refractivity contribution < 1.29 is 15.0 Å². The minimum atomic E-state index is -1.26. The lowest BCUT2D eigenvalue weighted by molar-refractivity contribution is -0.146. The van der Waals surface area contributed by atoms with Gasteiger partial charge in [0.1, 0.15) is 0 Å². The molecule has 14 heavy (non-hydrogen) atoms. The second kappa shape index (κ2) is 8.51. The molecule has 0 rings (SSSR count). The summed E-state index contributed by atoms with van der Waals surface area (Å²) in [7, 11) is 0. The number of hydrogen-bond acceptors (Lipinski definition) is 2. The Kier molecular flexibility index (Phi) is 7.84.